The number of nitrogens with one attached hydrogen (secondary N) is 1. The van der Waals surface area contributed by atoms with Crippen LogP contribution >= 0.6 is 0 Å². The highest BCUT2D eigenvalue weighted by Gasteiger charge is 2.54. The van der Waals surface area contributed by atoms with Crippen LogP contribution in [-0.2, 0) is 33.2 Å². The van der Waals surface area contributed by atoms with E-state index >= 15 is 0 Å². The summed E-state index contributed by atoms with van der Waals surface area (Å²) in [6.45, 7) is 1.74. The van der Waals surface area contributed by atoms with Crippen molar-refractivity contribution in [2.24, 2.45) is 0 Å². The molecule has 0 spiro atoms. The van der Waals surface area contributed by atoms with Crippen LogP contribution in [0, 0.1) is 0 Å². The highest BCUT2D eigenvalue weighted by Crippen LogP contribution is 2.33. The zero-order valence-electron chi connectivity index (χ0n) is 62.4. The molecular formula is C81H147NO18. The van der Waals surface area contributed by atoms with E-state index in [1.54, 1.807) is 6.08 Å². The third-order valence-corrected chi connectivity index (χ3v) is 20.0. The van der Waals surface area contributed by atoms with Crippen LogP contribution in [0.5, 0.6) is 0 Å². The quantitative estimate of drug-likeness (QED) is 0.0199. The van der Waals surface area contributed by atoms with E-state index in [-0.39, 0.29) is 18.9 Å². The van der Waals surface area contributed by atoms with Crippen molar-refractivity contribution in [3.05, 3.63) is 60.8 Å². The van der Waals surface area contributed by atoms with E-state index in [2.05, 4.69) is 67.8 Å². The summed E-state index contributed by atoms with van der Waals surface area (Å²) in [5.74, 6) is -0.288. The fourth-order valence-corrected chi connectivity index (χ4v) is 13.5. The Bertz CT molecular complexity index is 2040. The smallest absolute Gasteiger partial charge is 0.220 e. The number of ether oxygens (including phenoxy) is 6. The number of hydrogen-bond donors (Lipinski definition) is 12. The first-order chi connectivity index (χ1) is 48.8. The van der Waals surface area contributed by atoms with Gasteiger partial charge in [0.15, 0.2) is 18.9 Å². The summed E-state index contributed by atoms with van der Waals surface area (Å²) in [4.78, 5) is 13.5. The third-order valence-electron chi connectivity index (χ3n) is 20.0. The van der Waals surface area contributed by atoms with Crippen molar-refractivity contribution in [1.29, 1.82) is 0 Å². The Morgan fingerprint density at radius 2 is 0.670 bits per heavy atom. The summed E-state index contributed by atoms with van der Waals surface area (Å²) < 4.78 is 34.4. The van der Waals surface area contributed by atoms with Crippen LogP contribution in [0.2, 0.25) is 0 Å². The molecule has 3 aliphatic rings. The molecule has 3 aliphatic heterocycles. The molecule has 0 aromatic heterocycles. The molecule has 0 saturated carbocycles. The van der Waals surface area contributed by atoms with E-state index in [0.717, 1.165) is 51.4 Å². The molecular weight excluding hydrogens is 1270 g/mol. The zero-order valence-corrected chi connectivity index (χ0v) is 62.4. The molecule has 17 unspecified atom stereocenters. The lowest BCUT2D eigenvalue weighted by atomic mass is 9.96. The molecule has 19 heteroatoms. The number of amides is 1. The maximum absolute atomic E-state index is 13.5. The van der Waals surface area contributed by atoms with Crippen molar-refractivity contribution in [1.82, 2.24) is 5.32 Å². The maximum atomic E-state index is 13.5. The molecule has 584 valence electrons. The van der Waals surface area contributed by atoms with Gasteiger partial charge in [0.1, 0.15) is 73.2 Å². The Labute approximate surface area is 605 Å². The van der Waals surface area contributed by atoms with Crippen LogP contribution in [0.3, 0.4) is 0 Å². The Kier molecular flexibility index (Phi) is 56.5. The minimum atomic E-state index is -1.99. The maximum Gasteiger partial charge on any atom is 0.220 e. The molecule has 0 aliphatic carbocycles. The van der Waals surface area contributed by atoms with Crippen LogP contribution in [-0.4, -0.2) is 193 Å². The molecule has 3 rings (SSSR count). The van der Waals surface area contributed by atoms with E-state index in [0.29, 0.717) is 12.8 Å². The number of allylic oxidation sites excluding steroid dienone is 9. The van der Waals surface area contributed by atoms with Gasteiger partial charge in [0.05, 0.1) is 38.6 Å². The molecule has 17 atom stereocenters. The first-order valence-corrected chi connectivity index (χ1v) is 40.5. The second kappa shape index (κ2) is 61.6. The molecule has 3 saturated heterocycles. The molecule has 0 aromatic rings. The number of carbonyl (C=O) groups is 1. The molecule has 12 N–H and O–H groups in total. The molecule has 1 amide bonds. The SMILES string of the molecule is CCCCCCC/C=C\C/C=C\CCCCCCCCCCCCCCCC(=O)NC(COC1OC(CO)C(OC2OC(CO)C(OC3OC(CO)C(O)C(O)C3O)C(O)C2O)C(O)C1O)C(O)/C=C/CC/C=C/CC/C=C/CCCCCCCCCCCCCCCCCCCCCC. The van der Waals surface area contributed by atoms with Gasteiger partial charge in [0.25, 0.3) is 0 Å². The second-order valence-electron chi connectivity index (χ2n) is 28.9. The minimum absolute atomic E-state index is 0.230. The van der Waals surface area contributed by atoms with Gasteiger partial charge in [-0.05, 0) is 77.0 Å². The topological polar surface area (TPSA) is 307 Å². The highest BCUT2D eigenvalue weighted by molar-refractivity contribution is 5.76. The van der Waals surface area contributed by atoms with Crippen molar-refractivity contribution in [3.63, 3.8) is 0 Å². The number of unbranched alkanes of at least 4 members (excludes halogenated alkanes) is 40. The molecule has 3 heterocycles. The van der Waals surface area contributed by atoms with E-state index in [4.69, 9.17) is 28.4 Å². The molecule has 0 radical (unpaired) electrons. The summed E-state index contributed by atoms with van der Waals surface area (Å²) in [5.41, 5.74) is 0. The average molecular weight is 1420 g/mol. The summed E-state index contributed by atoms with van der Waals surface area (Å²) >= 11 is 0. The summed E-state index contributed by atoms with van der Waals surface area (Å²) in [6, 6.07) is -1.00. The van der Waals surface area contributed by atoms with Crippen LogP contribution < -0.4 is 5.32 Å². The lowest BCUT2D eigenvalue weighted by Gasteiger charge is -2.48. The normalized spacial score (nSPS) is 26.8. The van der Waals surface area contributed by atoms with E-state index in [1.807, 2.05) is 6.08 Å². The van der Waals surface area contributed by atoms with Crippen molar-refractivity contribution in [3.8, 4) is 0 Å². The Morgan fingerprint density at radius 1 is 0.360 bits per heavy atom. The largest absolute Gasteiger partial charge is 0.394 e. The number of aliphatic hydroxyl groups excluding tert-OH is 11. The van der Waals surface area contributed by atoms with Crippen LogP contribution in [0.1, 0.15) is 316 Å². The first-order valence-electron chi connectivity index (χ1n) is 40.5. The summed E-state index contributed by atoms with van der Waals surface area (Å²) in [7, 11) is 0. The lowest BCUT2D eigenvalue weighted by molar-refractivity contribution is -0.379. The Balaban J connectivity index is 1.40. The molecule has 0 aromatic carbocycles. The highest BCUT2D eigenvalue weighted by atomic mass is 16.8. The van der Waals surface area contributed by atoms with Crippen LogP contribution in [0.25, 0.3) is 0 Å². The standard InChI is InChI=1S/C81H147NO18/c1-3-5-7-9-11-13-15-17-19-21-23-25-27-29-30-31-32-33-35-36-38-40-42-44-46-48-50-52-54-56-58-65(86)64(82-69(87)59-57-55-53-51-49-47-45-43-41-39-37-34-28-26-24-22-20-18-16-14-12-10-8-6-4-2)63-95-79-75(93)72(90)77(67(61-84)97-79)100-81-76(94)73(91)78(68(62-85)98-81)99-80-74(92)71(89)70(88)66(60-83)96-80/h16,18,22,24,40,42,48,50,56,58,64-68,70-81,83-86,88-94H,3-15,17,19-21,23,25-39,41,43-47,49,51-55,57,59-63H2,1-2H3,(H,82,87)/b18-16-,24-22-,42-40+,50-48+,58-56+. The van der Waals surface area contributed by atoms with Crippen LogP contribution in [0.15, 0.2) is 60.8 Å². The van der Waals surface area contributed by atoms with E-state index in [1.165, 1.54) is 231 Å². The van der Waals surface area contributed by atoms with E-state index in [9.17, 15) is 61.0 Å². The van der Waals surface area contributed by atoms with Gasteiger partial charge in [0, 0.05) is 6.42 Å². The van der Waals surface area contributed by atoms with Crippen LogP contribution in [0.4, 0.5) is 0 Å². The predicted octanol–water partition coefficient (Wildman–Crippen LogP) is 13.5. The lowest BCUT2D eigenvalue weighted by Crippen LogP contribution is -2.66. The second-order valence-corrected chi connectivity index (χ2v) is 28.9. The third kappa shape index (κ3) is 41.4. The molecule has 19 nitrogen and oxygen atoms in total. The molecule has 100 heavy (non-hydrogen) atoms. The van der Waals surface area contributed by atoms with Crippen molar-refractivity contribution in [2.45, 2.75) is 420 Å². The van der Waals surface area contributed by atoms with Crippen molar-refractivity contribution < 1.29 is 89.4 Å². The van der Waals surface area contributed by atoms with Gasteiger partial charge in [0.2, 0.25) is 5.91 Å². The van der Waals surface area contributed by atoms with Crippen molar-refractivity contribution in [2.75, 3.05) is 26.4 Å². The zero-order chi connectivity index (χ0) is 72.5. The minimum Gasteiger partial charge on any atom is -0.394 e. The van der Waals surface area contributed by atoms with Gasteiger partial charge < -0.3 is 89.9 Å². The van der Waals surface area contributed by atoms with Gasteiger partial charge in [-0.3, -0.25) is 4.79 Å². The van der Waals surface area contributed by atoms with Gasteiger partial charge in [-0.1, -0.05) is 293 Å². The first kappa shape index (κ1) is 91.7. The van der Waals surface area contributed by atoms with Gasteiger partial charge in [-0.2, -0.15) is 0 Å². The average Bonchev–Trinajstić information content (AvgIpc) is 0.783. The Morgan fingerprint density at radius 3 is 1.06 bits per heavy atom. The number of rotatable bonds is 64. The van der Waals surface area contributed by atoms with Gasteiger partial charge in [-0.15, -0.1) is 0 Å². The fraction of sp³-hybridized carbons (Fsp3) is 0.864. The summed E-state index contributed by atoms with van der Waals surface area (Å²) in [5, 5.41) is 121. The number of carbonyl (C=O) groups excluding carboxylic acids is 1. The summed E-state index contributed by atoms with van der Waals surface area (Å²) in [6.07, 6.45) is 52.1. The number of aliphatic hydroxyl groups is 11. The molecule has 3 fully saturated rings. The molecule has 0 bridgehead atoms. The van der Waals surface area contributed by atoms with E-state index < -0.39 is 124 Å². The predicted molar refractivity (Wildman–Crippen MR) is 397 cm³/mol. The van der Waals surface area contributed by atoms with Gasteiger partial charge >= 0.3 is 0 Å². The van der Waals surface area contributed by atoms with Gasteiger partial charge in [-0.25, -0.2) is 0 Å². The fourth-order valence-electron chi connectivity index (χ4n) is 13.5. The Hall–Kier alpha value is -2.51. The monoisotopic (exact) mass is 1420 g/mol. The van der Waals surface area contributed by atoms with Crippen molar-refractivity contribution >= 4 is 5.91 Å². The number of hydrogen-bond acceptors (Lipinski definition) is 18.